The van der Waals surface area contributed by atoms with Gasteiger partial charge in [-0.25, -0.2) is 0 Å². The molecule has 122 valence electrons. The second-order valence-electron chi connectivity index (χ2n) is 5.50. The number of nitrogens with one attached hydrogen (secondary N) is 1. The van der Waals surface area contributed by atoms with Crippen LogP contribution < -0.4 is 14.8 Å². The Balaban J connectivity index is 2.25. The molecule has 2 rings (SSSR count). The molecule has 0 bridgehead atoms. The lowest BCUT2D eigenvalue weighted by Crippen LogP contribution is -2.15. The number of hydrogen-bond donors (Lipinski definition) is 1. The first-order valence-electron chi connectivity index (χ1n) is 7.38. The average molecular weight is 378 g/mol. The van der Waals surface area contributed by atoms with Gasteiger partial charge in [0.05, 0.1) is 25.0 Å². The summed E-state index contributed by atoms with van der Waals surface area (Å²) >= 11 is 3.40. The second kappa shape index (κ2) is 8.02. The predicted molar refractivity (Wildman–Crippen MR) is 95.4 cm³/mol. The number of amides is 1. The molecule has 0 saturated carbocycles. The van der Waals surface area contributed by atoms with Gasteiger partial charge in [0.25, 0.3) is 5.91 Å². The minimum Gasteiger partial charge on any atom is -0.495 e. The SMILES string of the molecule is COc1ccccc1NC(=O)c1cc(Br)ccc1OCC(C)C. The smallest absolute Gasteiger partial charge is 0.259 e. The van der Waals surface area contributed by atoms with E-state index in [4.69, 9.17) is 9.47 Å². The predicted octanol–water partition coefficient (Wildman–Crippen LogP) is 4.74. The van der Waals surface area contributed by atoms with Gasteiger partial charge in [0.2, 0.25) is 0 Å². The molecule has 0 fully saturated rings. The molecule has 0 atom stereocenters. The molecule has 0 saturated heterocycles. The van der Waals surface area contributed by atoms with Gasteiger partial charge in [-0.1, -0.05) is 41.9 Å². The number of para-hydroxylation sites is 2. The maximum Gasteiger partial charge on any atom is 0.259 e. The van der Waals surface area contributed by atoms with E-state index in [1.54, 1.807) is 31.4 Å². The largest absolute Gasteiger partial charge is 0.495 e. The first-order chi connectivity index (χ1) is 11.0. The summed E-state index contributed by atoms with van der Waals surface area (Å²) in [4.78, 5) is 12.6. The van der Waals surface area contributed by atoms with Gasteiger partial charge in [-0.15, -0.1) is 0 Å². The minimum atomic E-state index is -0.241. The fourth-order valence-corrected chi connectivity index (χ4v) is 2.36. The normalized spacial score (nSPS) is 10.5. The summed E-state index contributed by atoms with van der Waals surface area (Å²) in [6.07, 6.45) is 0. The van der Waals surface area contributed by atoms with Gasteiger partial charge in [0.15, 0.2) is 0 Å². The lowest BCUT2D eigenvalue weighted by atomic mass is 10.1. The Morgan fingerprint density at radius 3 is 2.61 bits per heavy atom. The van der Waals surface area contributed by atoms with Crippen LogP contribution >= 0.6 is 15.9 Å². The fraction of sp³-hybridized carbons (Fsp3) is 0.278. The van der Waals surface area contributed by atoms with E-state index in [1.807, 2.05) is 18.2 Å². The Hall–Kier alpha value is -2.01. The third-order valence-electron chi connectivity index (χ3n) is 3.11. The molecule has 0 radical (unpaired) electrons. The molecule has 0 aliphatic carbocycles. The summed E-state index contributed by atoms with van der Waals surface area (Å²) in [6.45, 7) is 4.68. The number of halogens is 1. The minimum absolute atomic E-state index is 0.241. The van der Waals surface area contributed by atoms with Gasteiger partial charge in [-0.3, -0.25) is 4.79 Å². The Kier molecular flexibility index (Phi) is 6.04. The maximum atomic E-state index is 12.6. The van der Waals surface area contributed by atoms with Crippen molar-refractivity contribution in [2.75, 3.05) is 19.0 Å². The third-order valence-corrected chi connectivity index (χ3v) is 3.61. The number of rotatable bonds is 6. The van der Waals surface area contributed by atoms with E-state index in [0.717, 1.165) is 4.47 Å². The fourth-order valence-electron chi connectivity index (χ4n) is 2.00. The number of benzene rings is 2. The summed E-state index contributed by atoms with van der Waals surface area (Å²) in [5, 5.41) is 2.87. The Morgan fingerprint density at radius 2 is 1.91 bits per heavy atom. The zero-order valence-corrected chi connectivity index (χ0v) is 15.0. The van der Waals surface area contributed by atoms with Crippen LogP contribution in [0.15, 0.2) is 46.9 Å². The van der Waals surface area contributed by atoms with Crippen molar-refractivity contribution in [3.63, 3.8) is 0 Å². The second-order valence-corrected chi connectivity index (χ2v) is 6.42. The lowest BCUT2D eigenvalue weighted by Gasteiger charge is -2.14. The zero-order chi connectivity index (χ0) is 16.8. The molecule has 2 aromatic rings. The van der Waals surface area contributed by atoms with Crippen LogP contribution in [-0.2, 0) is 0 Å². The molecule has 23 heavy (non-hydrogen) atoms. The van der Waals surface area contributed by atoms with Crippen LogP contribution in [-0.4, -0.2) is 19.6 Å². The summed E-state index contributed by atoms with van der Waals surface area (Å²) in [5.41, 5.74) is 1.10. The molecule has 1 N–H and O–H groups in total. The van der Waals surface area contributed by atoms with E-state index >= 15 is 0 Å². The molecule has 0 heterocycles. The topological polar surface area (TPSA) is 47.6 Å². The molecule has 0 aliphatic heterocycles. The zero-order valence-electron chi connectivity index (χ0n) is 13.4. The highest BCUT2D eigenvalue weighted by molar-refractivity contribution is 9.10. The van der Waals surface area contributed by atoms with E-state index in [0.29, 0.717) is 35.3 Å². The van der Waals surface area contributed by atoms with E-state index in [9.17, 15) is 4.79 Å². The first-order valence-corrected chi connectivity index (χ1v) is 8.17. The molecular weight excluding hydrogens is 358 g/mol. The van der Waals surface area contributed by atoms with Crippen molar-refractivity contribution < 1.29 is 14.3 Å². The monoisotopic (exact) mass is 377 g/mol. The van der Waals surface area contributed by atoms with Gasteiger partial charge < -0.3 is 14.8 Å². The quantitative estimate of drug-likeness (QED) is 0.790. The molecule has 0 aliphatic rings. The van der Waals surface area contributed by atoms with Gasteiger partial charge >= 0.3 is 0 Å². The Morgan fingerprint density at radius 1 is 1.17 bits per heavy atom. The molecule has 0 aromatic heterocycles. The molecule has 4 nitrogen and oxygen atoms in total. The standard InChI is InChI=1S/C18H20BrNO3/c1-12(2)11-23-16-9-8-13(19)10-14(16)18(21)20-15-6-4-5-7-17(15)22-3/h4-10,12H,11H2,1-3H3,(H,20,21). The molecular formula is C18H20BrNO3. The first kappa shape index (κ1) is 17.3. The highest BCUT2D eigenvalue weighted by Gasteiger charge is 2.15. The number of ether oxygens (including phenoxy) is 2. The van der Waals surface area contributed by atoms with Gasteiger partial charge in [-0.2, -0.15) is 0 Å². The van der Waals surface area contributed by atoms with Crippen LogP contribution in [0, 0.1) is 5.92 Å². The van der Waals surface area contributed by atoms with Gasteiger partial charge in [-0.05, 0) is 36.2 Å². The van der Waals surface area contributed by atoms with Crippen molar-refractivity contribution in [3.05, 3.63) is 52.5 Å². The number of methoxy groups -OCH3 is 1. The average Bonchev–Trinajstić information content (AvgIpc) is 2.54. The Bertz CT molecular complexity index is 686. The molecule has 0 unspecified atom stereocenters. The highest BCUT2D eigenvalue weighted by atomic mass is 79.9. The van der Waals surface area contributed by atoms with E-state index < -0.39 is 0 Å². The van der Waals surface area contributed by atoms with Crippen molar-refractivity contribution in [1.29, 1.82) is 0 Å². The molecule has 5 heteroatoms. The van der Waals surface area contributed by atoms with Gasteiger partial charge in [0, 0.05) is 4.47 Å². The number of anilines is 1. The Labute approximate surface area is 144 Å². The number of hydrogen-bond acceptors (Lipinski definition) is 3. The number of carbonyl (C=O) groups excluding carboxylic acids is 1. The lowest BCUT2D eigenvalue weighted by molar-refractivity contribution is 0.102. The van der Waals surface area contributed by atoms with Crippen LogP contribution in [0.1, 0.15) is 24.2 Å². The summed E-state index contributed by atoms with van der Waals surface area (Å²) < 4.78 is 11.8. The molecule has 0 spiro atoms. The van der Waals surface area contributed by atoms with Crippen molar-refractivity contribution in [1.82, 2.24) is 0 Å². The van der Waals surface area contributed by atoms with Crippen LogP contribution in [0.3, 0.4) is 0 Å². The highest BCUT2D eigenvalue weighted by Crippen LogP contribution is 2.27. The van der Waals surface area contributed by atoms with Crippen molar-refractivity contribution in [3.8, 4) is 11.5 Å². The third kappa shape index (κ3) is 4.73. The number of carbonyl (C=O) groups is 1. The van der Waals surface area contributed by atoms with Crippen LogP contribution in [0.2, 0.25) is 0 Å². The van der Waals surface area contributed by atoms with Crippen LogP contribution in [0.5, 0.6) is 11.5 Å². The molecule has 2 aromatic carbocycles. The van der Waals surface area contributed by atoms with Crippen molar-refractivity contribution in [2.24, 2.45) is 5.92 Å². The van der Waals surface area contributed by atoms with Crippen LogP contribution in [0.25, 0.3) is 0 Å². The van der Waals surface area contributed by atoms with Crippen molar-refractivity contribution >= 4 is 27.5 Å². The van der Waals surface area contributed by atoms with E-state index in [2.05, 4.69) is 35.1 Å². The summed E-state index contributed by atoms with van der Waals surface area (Å²) in [7, 11) is 1.57. The van der Waals surface area contributed by atoms with Crippen LogP contribution in [0.4, 0.5) is 5.69 Å². The van der Waals surface area contributed by atoms with E-state index in [-0.39, 0.29) is 5.91 Å². The van der Waals surface area contributed by atoms with Crippen molar-refractivity contribution in [2.45, 2.75) is 13.8 Å². The maximum absolute atomic E-state index is 12.6. The van der Waals surface area contributed by atoms with E-state index in [1.165, 1.54) is 0 Å². The summed E-state index contributed by atoms with van der Waals surface area (Å²) in [5.74, 6) is 1.31. The molecule has 1 amide bonds. The summed E-state index contributed by atoms with van der Waals surface area (Å²) in [6, 6.07) is 12.7. The van der Waals surface area contributed by atoms with Gasteiger partial charge in [0.1, 0.15) is 11.5 Å².